The second-order valence-electron chi connectivity index (χ2n) is 25.7. The van der Waals surface area contributed by atoms with E-state index in [0.29, 0.717) is 12.8 Å². The lowest BCUT2D eigenvalue weighted by molar-refractivity contribution is -0.379. The van der Waals surface area contributed by atoms with Crippen LogP contribution in [0.1, 0.15) is 245 Å². The van der Waals surface area contributed by atoms with Crippen LogP contribution in [-0.2, 0) is 33.2 Å². The molecule has 3 rings (SSSR count). The van der Waals surface area contributed by atoms with Crippen LogP contribution in [-0.4, -0.2) is 193 Å². The molecule has 19 nitrogen and oxygen atoms in total. The molecule has 3 saturated heterocycles. The van der Waals surface area contributed by atoms with Crippen molar-refractivity contribution in [1.29, 1.82) is 0 Å². The number of aliphatic hydroxyl groups is 11. The van der Waals surface area contributed by atoms with Gasteiger partial charge in [-0.1, -0.05) is 266 Å². The Bertz CT molecular complexity index is 2010. The van der Waals surface area contributed by atoms with Crippen molar-refractivity contribution in [2.45, 2.75) is 349 Å². The van der Waals surface area contributed by atoms with Gasteiger partial charge in [0.15, 0.2) is 18.9 Å². The Morgan fingerprint density at radius 1 is 0.398 bits per heavy atom. The number of ether oxygens (including phenoxy) is 6. The molecular weight excluding hydrogens is 1190 g/mol. The number of allylic oxidation sites excluding steroid dienone is 13. The SMILES string of the molecule is CC/C=C\C/C=C\C/C=C\C/C=C\C/C=C\C/C=C\CCC(=O)NC(COC1OC(CO)C(OC2OC(CO)C(OC3OC(CO)C(O)C(O)C3O)C(O)C2O)C(O)C1O)C(O)/C=C/CCCCCCCCCCCCCCCCCCCCCCCCCCCCC. The summed E-state index contributed by atoms with van der Waals surface area (Å²) < 4.78 is 34.3. The van der Waals surface area contributed by atoms with Gasteiger partial charge in [0.2, 0.25) is 5.91 Å². The van der Waals surface area contributed by atoms with E-state index in [4.69, 9.17) is 28.4 Å². The second-order valence-corrected chi connectivity index (χ2v) is 25.7. The lowest BCUT2D eigenvalue weighted by Gasteiger charge is -2.48. The minimum absolute atomic E-state index is 0.114. The molecule has 12 N–H and O–H groups in total. The highest BCUT2D eigenvalue weighted by molar-refractivity contribution is 5.76. The Kier molecular flexibility index (Phi) is 49.7. The summed E-state index contributed by atoms with van der Waals surface area (Å²) in [5.74, 6) is -0.358. The predicted molar refractivity (Wildman–Crippen MR) is 364 cm³/mol. The summed E-state index contributed by atoms with van der Waals surface area (Å²) in [5.41, 5.74) is 0. The first-order valence-corrected chi connectivity index (χ1v) is 36.3. The fraction of sp³-hybridized carbons (Fsp3) is 0.797. The Morgan fingerprint density at radius 3 is 1.14 bits per heavy atom. The van der Waals surface area contributed by atoms with Crippen molar-refractivity contribution in [3.05, 3.63) is 85.1 Å². The molecule has 0 aromatic rings. The highest BCUT2D eigenvalue weighted by atomic mass is 16.8. The van der Waals surface area contributed by atoms with Gasteiger partial charge < -0.3 is 89.9 Å². The molecule has 17 atom stereocenters. The minimum Gasteiger partial charge on any atom is -0.394 e. The van der Waals surface area contributed by atoms with Crippen molar-refractivity contribution in [3.8, 4) is 0 Å². The van der Waals surface area contributed by atoms with Gasteiger partial charge in [-0.3, -0.25) is 4.79 Å². The molecule has 3 heterocycles. The van der Waals surface area contributed by atoms with Crippen LogP contribution in [0, 0.1) is 0 Å². The second kappa shape index (κ2) is 54.9. The van der Waals surface area contributed by atoms with Crippen LogP contribution >= 0.6 is 0 Å². The molecular formula is C74H129NO18. The molecule has 0 radical (unpaired) electrons. The van der Waals surface area contributed by atoms with Gasteiger partial charge in [-0.05, 0) is 57.8 Å². The van der Waals surface area contributed by atoms with Gasteiger partial charge in [0.25, 0.3) is 0 Å². The maximum absolute atomic E-state index is 13.4. The van der Waals surface area contributed by atoms with E-state index in [1.54, 1.807) is 6.08 Å². The van der Waals surface area contributed by atoms with Crippen LogP contribution in [0.4, 0.5) is 0 Å². The van der Waals surface area contributed by atoms with Crippen LogP contribution in [0.2, 0.25) is 0 Å². The zero-order valence-corrected chi connectivity index (χ0v) is 57.0. The zero-order valence-electron chi connectivity index (χ0n) is 57.0. The molecule has 19 heteroatoms. The highest BCUT2D eigenvalue weighted by Gasteiger charge is 2.53. The fourth-order valence-corrected chi connectivity index (χ4v) is 11.9. The summed E-state index contributed by atoms with van der Waals surface area (Å²) in [6.07, 6.45) is 44.4. The molecule has 0 aromatic carbocycles. The number of carbonyl (C=O) groups excluding carboxylic acids is 1. The van der Waals surface area contributed by atoms with Crippen molar-refractivity contribution >= 4 is 5.91 Å². The first-order valence-electron chi connectivity index (χ1n) is 36.3. The summed E-state index contributed by atoms with van der Waals surface area (Å²) in [7, 11) is 0. The summed E-state index contributed by atoms with van der Waals surface area (Å²) in [5, 5.41) is 121. The topological polar surface area (TPSA) is 307 Å². The number of rotatable bonds is 55. The van der Waals surface area contributed by atoms with E-state index in [2.05, 4.69) is 79.9 Å². The third-order valence-electron chi connectivity index (χ3n) is 17.7. The monoisotopic (exact) mass is 1320 g/mol. The molecule has 538 valence electrons. The fourth-order valence-electron chi connectivity index (χ4n) is 11.9. The lowest BCUT2D eigenvalue weighted by atomic mass is 9.96. The molecule has 93 heavy (non-hydrogen) atoms. The van der Waals surface area contributed by atoms with Gasteiger partial charge in [0.05, 0.1) is 38.6 Å². The highest BCUT2D eigenvalue weighted by Crippen LogP contribution is 2.33. The van der Waals surface area contributed by atoms with E-state index < -0.39 is 124 Å². The van der Waals surface area contributed by atoms with Crippen LogP contribution in [0.5, 0.6) is 0 Å². The quantitative estimate of drug-likeness (QED) is 0.0199. The van der Waals surface area contributed by atoms with E-state index in [1.165, 1.54) is 154 Å². The lowest BCUT2D eigenvalue weighted by Crippen LogP contribution is -2.66. The van der Waals surface area contributed by atoms with Gasteiger partial charge in [-0.2, -0.15) is 0 Å². The first-order chi connectivity index (χ1) is 45.3. The average molecular weight is 1320 g/mol. The standard InChI is InChI=1S/C74H129NO18/c1-3-5-7-9-11-13-15-17-19-21-23-24-25-26-27-28-29-30-31-32-34-35-37-39-41-43-45-47-49-51-58(79)57(75-62(80)52-50-48-46-44-42-40-38-36-33-22-20-18-16-14-12-10-8-6-4-2)56-88-72-68(86)65(83)70(60(54-77)90-72)93-74-69(87)66(84)71(61(55-78)91-74)92-73-67(85)64(82)63(81)59(53-76)89-73/h6,8,12,14,18,20,33,36,40,42,46,48-49,51,57-61,63-74,76-79,81-87H,3-5,7,9-11,13,15-17,19,21-32,34-35,37-39,41,43-45,47,50,52-56H2,1-2H3,(H,75,80)/b8-6-,14-12-,20-18-,36-33-,42-40-,48-46-,51-49+. The molecule has 0 bridgehead atoms. The first kappa shape index (κ1) is 84.2. The maximum atomic E-state index is 13.4. The van der Waals surface area contributed by atoms with Crippen molar-refractivity contribution in [3.63, 3.8) is 0 Å². The van der Waals surface area contributed by atoms with Crippen LogP contribution < -0.4 is 5.32 Å². The van der Waals surface area contributed by atoms with Crippen molar-refractivity contribution in [2.75, 3.05) is 26.4 Å². The van der Waals surface area contributed by atoms with E-state index >= 15 is 0 Å². The largest absolute Gasteiger partial charge is 0.394 e. The van der Waals surface area contributed by atoms with Gasteiger partial charge in [0, 0.05) is 6.42 Å². The molecule has 3 aliphatic heterocycles. The molecule has 3 aliphatic rings. The van der Waals surface area contributed by atoms with E-state index in [9.17, 15) is 61.0 Å². The number of amides is 1. The molecule has 0 saturated carbocycles. The van der Waals surface area contributed by atoms with Crippen molar-refractivity contribution in [2.24, 2.45) is 0 Å². The Morgan fingerprint density at radius 2 is 0.742 bits per heavy atom. The zero-order chi connectivity index (χ0) is 67.5. The van der Waals surface area contributed by atoms with E-state index in [-0.39, 0.29) is 18.9 Å². The third-order valence-corrected chi connectivity index (χ3v) is 17.7. The number of hydrogen-bond acceptors (Lipinski definition) is 18. The van der Waals surface area contributed by atoms with Crippen molar-refractivity contribution < 1.29 is 89.4 Å². The minimum atomic E-state index is -1.99. The van der Waals surface area contributed by atoms with Gasteiger partial charge >= 0.3 is 0 Å². The van der Waals surface area contributed by atoms with Crippen LogP contribution in [0.3, 0.4) is 0 Å². The normalized spacial score (nSPS) is 28.0. The number of nitrogens with one attached hydrogen (secondary N) is 1. The van der Waals surface area contributed by atoms with Crippen LogP contribution in [0.15, 0.2) is 85.1 Å². The Labute approximate surface area is 559 Å². The van der Waals surface area contributed by atoms with Gasteiger partial charge in [-0.25, -0.2) is 0 Å². The summed E-state index contributed by atoms with van der Waals surface area (Å²) in [6, 6.07) is -1.02. The molecule has 0 aromatic heterocycles. The molecule has 3 fully saturated rings. The molecule has 17 unspecified atom stereocenters. The average Bonchev–Trinajstić information content (AvgIpc) is 0.985. The van der Waals surface area contributed by atoms with Crippen LogP contribution in [0.25, 0.3) is 0 Å². The number of unbranched alkanes of at least 4 members (excludes halogenated alkanes) is 27. The van der Waals surface area contributed by atoms with Crippen molar-refractivity contribution in [1.82, 2.24) is 5.32 Å². The summed E-state index contributed by atoms with van der Waals surface area (Å²) in [6.45, 7) is 1.58. The predicted octanol–water partition coefficient (Wildman–Crippen LogP) is 10.3. The summed E-state index contributed by atoms with van der Waals surface area (Å²) >= 11 is 0. The number of aliphatic hydroxyl groups excluding tert-OH is 11. The summed E-state index contributed by atoms with van der Waals surface area (Å²) in [4.78, 5) is 13.4. The third kappa shape index (κ3) is 36.4. The van der Waals surface area contributed by atoms with E-state index in [1.807, 2.05) is 18.2 Å². The Balaban J connectivity index is 1.43. The molecule has 1 amide bonds. The van der Waals surface area contributed by atoms with Gasteiger partial charge in [-0.15, -0.1) is 0 Å². The Hall–Kier alpha value is -3.03. The maximum Gasteiger partial charge on any atom is 0.220 e. The van der Waals surface area contributed by atoms with E-state index in [0.717, 1.165) is 57.8 Å². The molecule has 0 spiro atoms. The number of hydrogen-bond donors (Lipinski definition) is 12. The smallest absolute Gasteiger partial charge is 0.220 e. The van der Waals surface area contributed by atoms with Gasteiger partial charge in [0.1, 0.15) is 73.2 Å². The molecule has 0 aliphatic carbocycles. The number of carbonyl (C=O) groups is 1.